The highest BCUT2D eigenvalue weighted by molar-refractivity contribution is 5.86. The number of benzene rings is 2. The van der Waals surface area contributed by atoms with Crippen LogP contribution >= 0.6 is 0 Å². The number of hydrogen-bond acceptors (Lipinski definition) is 3. The van der Waals surface area contributed by atoms with Gasteiger partial charge in [-0.15, -0.1) is 0 Å². The quantitative estimate of drug-likeness (QED) is 0.748. The first-order chi connectivity index (χ1) is 10.1. The number of anilines is 1. The van der Waals surface area contributed by atoms with Gasteiger partial charge in [0.05, 0.1) is 6.20 Å². The lowest BCUT2D eigenvalue weighted by Gasteiger charge is -2.17. The first kappa shape index (κ1) is 13.6. The Morgan fingerprint density at radius 1 is 1.14 bits per heavy atom. The third kappa shape index (κ3) is 3.06. The fourth-order valence-electron chi connectivity index (χ4n) is 2.65. The van der Waals surface area contributed by atoms with Gasteiger partial charge in [0.25, 0.3) is 0 Å². The van der Waals surface area contributed by atoms with Crippen molar-refractivity contribution in [2.45, 2.75) is 13.1 Å². The van der Waals surface area contributed by atoms with Crippen molar-refractivity contribution < 1.29 is 0 Å². The Hall–Kier alpha value is -2.33. The Bertz CT molecular complexity index is 760. The molecule has 0 aliphatic heterocycles. The zero-order chi connectivity index (χ0) is 14.8. The first-order valence-corrected chi connectivity index (χ1v) is 7.05. The third-order valence-electron chi connectivity index (χ3n) is 3.66. The Kier molecular flexibility index (Phi) is 3.62. The minimum Gasteiger partial charge on any atom is -0.398 e. The van der Waals surface area contributed by atoms with Gasteiger partial charge >= 0.3 is 0 Å². The van der Waals surface area contributed by atoms with Crippen LogP contribution in [0, 0.1) is 0 Å². The second kappa shape index (κ2) is 5.58. The summed E-state index contributed by atoms with van der Waals surface area (Å²) < 4.78 is 1.83. The fourth-order valence-corrected chi connectivity index (χ4v) is 2.65. The van der Waals surface area contributed by atoms with Crippen molar-refractivity contribution in [3.05, 3.63) is 59.9 Å². The highest BCUT2D eigenvalue weighted by atomic mass is 15.2. The van der Waals surface area contributed by atoms with Crippen molar-refractivity contribution in [3.63, 3.8) is 0 Å². The molecule has 0 saturated heterocycles. The van der Waals surface area contributed by atoms with Gasteiger partial charge in [0.15, 0.2) is 0 Å². The van der Waals surface area contributed by atoms with Gasteiger partial charge in [-0.3, -0.25) is 9.58 Å². The van der Waals surface area contributed by atoms with Gasteiger partial charge in [-0.2, -0.15) is 5.10 Å². The maximum Gasteiger partial charge on any atom is 0.0534 e. The summed E-state index contributed by atoms with van der Waals surface area (Å²) in [7, 11) is 4.03. The van der Waals surface area contributed by atoms with E-state index in [2.05, 4.69) is 47.4 Å². The summed E-state index contributed by atoms with van der Waals surface area (Å²) in [6.45, 7) is 1.69. The number of rotatable bonds is 4. The zero-order valence-electron chi connectivity index (χ0n) is 12.5. The molecule has 0 unspecified atom stereocenters. The highest BCUT2D eigenvalue weighted by Crippen LogP contribution is 2.23. The summed E-state index contributed by atoms with van der Waals surface area (Å²) in [6, 6.07) is 12.6. The molecule has 2 aromatic carbocycles. The maximum atomic E-state index is 6.19. The summed E-state index contributed by atoms with van der Waals surface area (Å²) in [5.74, 6) is 0. The second-order valence-electron chi connectivity index (χ2n) is 5.59. The Labute approximate surface area is 124 Å². The minimum atomic E-state index is 0.825. The standard InChI is InChI=1S/C17H20N4/c1-20(10-13-9-19-21(2)11-13)12-16-7-14-5-3-4-6-15(14)8-17(16)18/h3-9,11H,10,12,18H2,1-2H3. The van der Waals surface area contributed by atoms with Crippen LogP contribution in [0.1, 0.15) is 11.1 Å². The van der Waals surface area contributed by atoms with Crippen LogP contribution in [0.15, 0.2) is 48.8 Å². The number of nitrogens with zero attached hydrogens (tertiary/aromatic N) is 3. The molecule has 0 aliphatic carbocycles. The van der Waals surface area contributed by atoms with Gasteiger partial charge in [0.1, 0.15) is 0 Å². The van der Waals surface area contributed by atoms with E-state index in [1.165, 1.54) is 21.9 Å². The van der Waals surface area contributed by atoms with Crippen molar-refractivity contribution in [2.24, 2.45) is 7.05 Å². The van der Waals surface area contributed by atoms with Crippen molar-refractivity contribution >= 4 is 16.5 Å². The van der Waals surface area contributed by atoms with E-state index >= 15 is 0 Å². The first-order valence-electron chi connectivity index (χ1n) is 7.05. The van der Waals surface area contributed by atoms with Crippen molar-refractivity contribution in [3.8, 4) is 0 Å². The lowest BCUT2D eigenvalue weighted by molar-refractivity contribution is 0.319. The van der Waals surface area contributed by atoms with Crippen molar-refractivity contribution in [1.29, 1.82) is 0 Å². The molecule has 0 aliphatic rings. The molecule has 1 heterocycles. The molecule has 108 valence electrons. The van der Waals surface area contributed by atoms with E-state index in [9.17, 15) is 0 Å². The summed E-state index contributed by atoms with van der Waals surface area (Å²) in [4.78, 5) is 2.25. The van der Waals surface area contributed by atoms with Gasteiger partial charge in [0, 0.05) is 37.6 Å². The predicted molar refractivity (Wildman–Crippen MR) is 86.7 cm³/mol. The van der Waals surface area contributed by atoms with Gasteiger partial charge in [-0.1, -0.05) is 24.3 Å². The van der Waals surface area contributed by atoms with E-state index < -0.39 is 0 Å². The average Bonchev–Trinajstić information content (AvgIpc) is 2.85. The topological polar surface area (TPSA) is 47.1 Å². The lowest BCUT2D eigenvalue weighted by atomic mass is 10.0. The predicted octanol–water partition coefficient (Wildman–Crippen LogP) is 2.79. The van der Waals surface area contributed by atoms with Crippen LogP contribution in [0.4, 0.5) is 5.69 Å². The van der Waals surface area contributed by atoms with E-state index in [1.807, 2.05) is 30.2 Å². The molecule has 1 aromatic heterocycles. The lowest BCUT2D eigenvalue weighted by Crippen LogP contribution is -2.17. The monoisotopic (exact) mass is 280 g/mol. The molecule has 0 amide bonds. The van der Waals surface area contributed by atoms with E-state index in [0.717, 1.165) is 18.8 Å². The number of hydrogen-bond donors (Lipinski definition) is 1. The maximum absolute atomic E-state index is 6.19. The number of fused-ring (bicyclic) bond motifs is 1. The van der Waals surface area contributed by atoms with Crippen LogP contribution < -0.4 is 5.73 Å². The van der Waals surface area contributed by atoms with Crippen molar-refractivity contribution in [2.75, 3.05) is 12.8 Å². The van der Waals surface area contributed by atoms with E-state index in [1.54, 1.807) is 0 Å². The average molecular weight is 280 g/mol. The van der Waals surface area contributed by atoms with Gasteiger partial charge < -0.3 is 5.73 Å². The number of aryl methyl sites for hydroxylation is 1. The molecule has 0 atom stereocenters. The summed E-state index contributed by atoms with van der Waals surface area (Å²) in [5.41, 5.74) is 9.42. The van der Waals surface area contributed by atoms with Crippen molar-refractivity contribution in [1.82, 2.24) is 14.7 Å². The number of nitrogens with two attached hydrogens (primary N) is 1. The van der Waals surface area contributed by atoms with Crippen LogP contribution in [0.3, 0.4) is 0 Å². The summed E-state index contributed by atoms with van der Waals surface area (Å²) in [6.07, 6.45) is 3.94. The molecule has 4 heteroatoms. The molecular weight excluding hydrogens is 260 g/mol. The number of nitrogen functional groups attached to an aromatic ring is 1. The second-order valence-corrected chi connectivity index (χ2v) is 5.59. The molecule has 0 bridgehead atoms. The molecule has 3 aromatic rings. The molecule has 0 saturated carbocycles. The van der Waals surface area contributed by atoms with Crippen LogP contribution in [0.2, 0.25) is 0 Å². The van der Waals surface area contributed by atoms with Crippen LogP contribution in [0.25, 0.3) is 10.8 Å². The van der Waals surface area contributed by atoms with Crippen LogP contribution in [0.5, 0.6) is 0 Å². The Balaban J connectivity index is 1.79. The van der Waals surface area contributed by atoms with E-state index in [-0.39, 0.29) is 0 Å². The largest absolute Gasteiger partial charge is 0.398 e. The Morgan fingerprint density at radius 3 is 2.52 bits per heavy atom. The summed E-state index contributed by atoms with van der Waals surface area (Å²) in [5, 5.41) is 6.62. The smallest absolute Gasteiger partial charge is 0.0534 e. The van der Waals surface area contributed by atoms with Gasteiger partial charge in [0.2, 0.25) is 0 Å². The zero-order valence-corrected chi connectivity index (χ0v) is 12.5. The molecule has 2 N–H and O–H groups in total. The van der Waals surface area contributed by atoms with E-state index in [4.69, 9.17) is 5.73 Å². The molecule has 21 heavy (non-hydrogen) atoms. The highest BCUT2D eigenvalue weighted by Gasteiger charge is 2.07. The van der Waals surface area contributed by atoms with Gasteiger partial charge in [-0.05, 0) is 35.5 Å². The SMILES string of the molecule is CN(Cc1cnn(C)c1)Cc1cc2ccccc2cc1N. The third-order valence-corrected chi connectivity index (χ3v) is 3.66. The molecule has 4 nitrogen and oxygen atoms in total. The molecule has 0 fully saturated rings. The van der Waals surface area contributed by atoms with Crippen LogP contribution in [-0.2, 0) is 20.1 Å². The normalized spacial score (nSPS) is 11.4. The van der Waals surface area contributed by atoms with Gasteiger partial charge in [-0.25, -0.2) is 0 Å². The minimum absolute atomic E-state index is 0.825. The number of aromatic nitrogens is 2. The molecular formula is C17H20N4. The molecule has 0 radical (unpaired) electrons. The van der Waals surface area contributed by atoms with Crippen LogP contribution in [-0.4, -0.2) is 21.7 Å². The van der Waals surface area contributed by atoms with E-state index in [0.29, 0.717) is 0 Å². The Morgan fingerprint density at radius 2 is 1.86 bits per heavy atom. The molecule has 0 spiro atoms. The molecule has 3 rings (SSSR count). The fraction of sp³-hybridized carbons (Fsp3) is 0.235. The summed E-state index contributed by atoms with van der Waals surface area (Å²) >= 11 is 0.